The third kappa shape index (κ3) is 2.52. The molecule has 0 amide bonds. The van der Waals surface area contributed by atoms with Gasteiger partial charge in [-0.1, -0.05) is 18.2 Å². The van der Waals surface area contributed by atoms with Crippen molar-refractivity contribution in [2.24, 2.45) is 0 Å². The minimum Gasteiger partial charge on any atom is -0.378 e. The topological polar surface area (TPSA) is 24.5 Å². The van der Waals surface area contributed by atoms with Crippen molar-refractivity contribution in [3.05, 3.63) is 29.8 Å². The van der Waals surface area contributed by atoms with Crippen molar-refractivity contribution in [2.45, 2.75) is 18.8 Å². The molecule has 0 saturated carbocycles. The molecule has 3 rings (SSSR count). The second kappa shape index (κ2) is 5.72. The van der Waals surface area contributed by atoms with E-state index in [-0.39, 0.29) is 0 Å². The number of hydrogen-bond donors (Lipinski definition) is 1. The van der Waals surface area contributed by atoms with E-state index in [2.05, 4.69) is 34.5 Å². The Labute approximate surface area is 109 Å². The van der Waals surface area contributed by atoms with Crippen LogP contribution in [-0.2, 0) is 4.74 Å². The molecule has 2 fully saturated rings. The zero-order valence-corrected chi connectivity index (χ0v) is 10.9. The van der Waals surface area contributed by atoms with Crippen molar-refractivity contribution < 1.29 is 4.74 Å². The van der Waals surface area contributed by atoms with Crippen LogP contribution in [0, 0.1) is 0 Å². The van der Waals surface area contributed by atoms with E-state index in [9.17, 15) is 0 Å². The van der Waals surface area contributed by atoms with Crippen molar-refractivity contribution in [3.8, 4) is 0 Å². The van der Waals surface area contributed by atoms with E-state index in [1.807, 2.05) is 0 Å². The molecule has 0 radical (unpaired) electrons. The molecule has 2 aliphatic rings. The van der Waals surface area contributed by atoms with Crippen LogP contribution in [-0.4, -0.2) is 39.4 Å². The van der Waals surface area contributed by atoms with Crippen molar-refractivity contribution in [1.82, 2.24) is 5.32 Å². The Hall–Kier alpha value is -1.06. The highest BCUT2D eigenvalue weighted by atomic mass is 16.5. The number of benzene rings is 1. The summed E-state index contributed by atoms with van der Waals surface area (Å²) in [6.07, 6.45) is 2.53. The zero-order valence-electron chi connectivity index (χ0n) is 10.9. The van der Waals surface area contributed by atoms with Gasteiger partial charge in [0.1, 0.15) is 0 Å². The summed E-state index contributed by atoms with van der Waals surface area (Å²) < 4.78 is 5.45. The smallest absolute Gasteiger partial charge is 0.0642 e. The molecule has 0 unspecified atom stereocenters. The average Bonchev–Trinajstić information content (AvgIpc) is 2.49. The minimum absolute atomic E-state index is 0.727. The normalized spacial score (nSPS) is 22.1. The fourth-order valence-corrected chi connectivity index (χ4v) is 3.06. The number of rotatable bonds is 2. The van der Waals surface area contributed by atoms with Crippen LogP contribution in [0.2, 0.25) is 0 Å². The lowest BCUT2D eigenvalue weighted by molar-refractivity contribution is 0.122. The fraction of sp³-hybridized carbons (Fsp3) is 0.600. The first kappa shape index (κ1) is 12.0. The van der Waals surface area contributed by atoms with Gasteiger partial charge in [0.25, 0.3) is 0 Å². The van der Waals surface area contributed by atoms with E-state index in [1.165, 1.54) is 18.5 Å². The van der Waals surface area contributed by atoms with Crippen LogP contribution in [0.3, 0.4) is 0 Å². The molecule has 1 N–H and O–H groups in total. The summed E-state index contributed by atoms with van der Waals surface area (Å²) in [7, 11) is 0. The molecule has 2 heterocycles. The summed E-state index contributed by atoms with van der Waals surface area (Å²) in [5.41, 5.74) is 2.98. The number of morpholine rings is 1. The number of nitrogens with one attached hydrogen (secondary N) is 1. The average molecular weight is 246 g/mol. The van der Waals surface area contributed by atoms with E-state index in [0.717, 1.165) is 45.3 Å². The summed E-state index contributed by atoms with van der Waals surface area (Å²) >= 11 is 0. The number of nitrogens with zero attached hydrogens (tertiary/aromatic N) is 1. The summed E-state index contributed by atoms with van der Waals surface area (Å²) in [6, 6.07) is 8.94. The van der Waals surface area contributed by atoms with Crippen molar-refractivity contribution in [1.29, 1.82) is 0 Å². The van der Waals surface area contributed by atoms with Crippen LogP contribution in [0.15, 0.2) is 24.3 Å². The van der Waals surface area contributed by atoms with Crippen LogP contribution < -0.4 is 10.2 Å². The Kier molecular flexibility index (Phi) is 3.81. The molecule has 0 atom stereocenters. The first-order valence-corrected chi connectivity index (χ1v) is 7.07. The molecular weight excluding hydrogens is 224 g/mol. The molecule has 2 aliphatic heterocycles. The largest absolute Gasteiger partial charge is 0.378 e. The van der Waals surface area contributed by atoms with Crippen LogP contribution in [0.4, 0.5) is 5.69 Å². The summed E-state index contributed by atoms with van der Waals surface area (Å²) in [6.45, 7) is 6.09. The number of piperidine rings is 1. The molecule has 18 heavy (non-hydrogen) atoms. The van der Waals surface area contributed by atoms with Crippen LogP contribution in [0.25, 0.3) is 0 Å². The number of anilines is 1. The molecule has 1 aromatic carbocycles. The van der Waals surface area contributed by atoms with Gasteiger partial charge < -0.3 is 15.0 Å². The highest BCUT2D eigenvalue weighted by molar-refractivity contribution is 5.55. The Bertz CT molecular complexity index is 345. The summed E-state index contributed by atoms with van der Waals surface area (Å²) in [5, 5.41) is 3.45. The molecule has 3 heteroatoms. The molecule has 0 spiro atoms. The van der Waals surface area contributed by atoms with Crippen molar-refractivity contribution in [2.75, 3.05) is 44.3 Å². The predicted octanol–water partition coefficient (Wildman–Crippen LogP) is 1.99. The third-order valence-corrected chi connectivity index (χ3v) is 4.07. The highest BCUT2D eigenvalue weighted by Crippen LogP contribution is 2.33. The lowest BCUT2D eigenvalue weighted by atomic mass is 9.88. The Balaban J connectivity index is 1.83. The number of hydrogen-bond acceptors (Lipinski definition) is 3. The minimum atomic E-state index is 0.727. The quantitative estimate of drug-likeness (QED) is 0.863. The lowest BCUT2D eigenvalue weighted by Crippen LogP contribution is -2.37. The van der Waals surface area contributed by atoms with E-state index in [4.69, 9.17) is 4.74 Å². The van der Waals surface area contributed by atoms with E-state index in [0.29, 0.717) is 0 Å². The number of para-hydroxylation sites is 1. The molecule has 3 nitrogen and oxygen atoms in total. The molecule has 98 valence electrons. The molecular formula is C15H22N2O. The maximum Gasteiger partial charge on any atom is 0.0642 e. The van der Waals surface area contributed by atoms with Gasteiger partial charge in [0.15, 0.2) is 0 Å². The van der Waals surface area contributed by atoms with Gasteiger partial charge in [-0.05, 0) is 43.5 Å². The van der Waals surface area contributed by atoms with Gasteiger partial charge in [0.2, 0.25) is 0 Å². The Morgan fingerprint density at radius 3 is 2.56 bits per heavy atom. The van der Waals surface area contributed by atoms with Gasteiger partial charge in [-0.15, -0.1) is 0 Å². The van der Waals surface area contributed by atoms with E-state index in [1.54, 1.807) is 5.56 Å². The molecule has 2 saturated heterocycles. The van der Waals surface area contributed by atoms with Crippen molar-refractivity contribution in [3.63, 3.8) is 0 Å². The van der Waals surface area contributed by atoms with Crippen LogP contribution in [0.5, 0.6) is 0 Å². The zero-order chi connectivity index (χ0) is 12.2. The fourth-order valence-electron chi connectivity index (χ4n) is 3.06. The van der Waals surface area contributed by atoms with Gasteiger partial charge in [-0.3, -0.25) is 0 Å². The monoisotopic (exact) mass is 246 g/mol. The SMILES string of the molecule is c1ccc(N2CCOCC2)c(C2CCNCC2)c1. The lowest BCUT2D eigenvalue weighted by Gasteiger charge is -2.33. The molecule has 0 bridgehead atoms. The van der Waals surface area contributed by atoms with E-state index >= 15 is 0 Å². The Morgan fingerprint density at radius 1 is 1.06 bits per heavy atom. The summed E-state index contributed by atoms with van der Waals surface area (Å²) in [5.74, 6) is 0.727. The second-order valence-electron chi connectivity index (χ2n) is 5.18. The highest BCUT2D eigenvalue weighted by Gasteiger charge is 2.21. The van der Waals surface area contributed by atoms with Crippen LogP contribution in [0.1, 0.15) is 24.3 Å². The van der Waals surface area contributed by atoms with Gasteiger partial charge in [-0.2, -0.15) is 0 Å². The summed E-state index contributed by atoms with van der Waals surface area (Å²) in [4.78, 5) is 2.49. The van der Waals surface area contributed by atoms with Crippen molar-refractivity contribution >= 4 is 5.69 Å². The first-order valence-electron chi connectivity index (χ1n) is 7.07. The van der Waals surface area contributed by atoms with Gasteiger partial charge in [-0.25, -0.2) is 0 Å². The Morgan fingerprint density at radius 2 is 1.78 bits per heavy atom. The standard InChI is InChI=1S/C15H22N2O/c1-2-4-15(17-9-11-18-12-10-17)14(3-1)13-5-7-16-8-6-13/h1-4,13,16H,5-12H2. The maximum absolute atomic E-state index is 5.45. The van der Waals surface area contributed by atoms with Gasteiger partial charge in [0.05, 0.1) is 13.2 Å². The number of ether oxygens (including phenoxy) is 1. The maximum atomic E-state index is 5.45. The third-order valence-electron chi connectivity index (χ3n) is 4.07. The van der Waals surface area contributed by atoms with Gasteiger partial charge in [0, 0.05) is 18.8 Å². The predicted molar refractivity (Wildman–Crippen MR) is 74.3 cm³/mol. The van der Waals surface area contributed by atoms with Gasteiger partial charge >= 0.3 is 0 Å². The molecule has 1 aromatic rings. The van der Waals surface area contributed by atoms with E-state index < -0.39 is 0 Å². The second-order valence-corrected chi connectivity index (χ2v) is 5.18. The molecule has 0 aromatic heterocycles. The first-order chi connectivity index (χ1) is 8.95. The van der Waals surface area contributed by atoms with Crippen LogP contribution >= 0.6 is 0 Å². The molecule has 0 aliphatic carbocycles.